The van der Waals surface area contributed by atoms with Crippen molar-refractivity contribution in [2.45, 2.75) is 38.2 Å². The molecule has 1 atom stereocenters. The van der Waals surface area contributed by atoms with Crippen LogP contribution in [0.2, 0.25) is 0 Å². The summed E-state index contributed by atoms with van der Waals surface area (Å²) >= 11 is 0. The molecule has 0 amide bonds. The second-order valence-corrected chi connectivity index (χ2v) is 4.41. The number of carboxylic acid groups (broad SMARTS) is 1. The van der Waals surface area contributed by atoms with Gasteiger partial charge in [-0.2, -0.15) is 0 Å². The molecule has 0 bridgehead atoms. The van der Waals surface area contributed by atoms with Crippen molar-refractivity contribution in [3.63, 3.8) is 0 Å². The highest BCUT2D eigenvalue weighted by molar-refractivity contribution is 5.84. The van der Waals surface area contributed by atoms with Gasteiger partial charge in [0.15, 0.2) is 0 Å². The van der Waals surface area contributed by atoms with Crippen molar-refractivity contribution in [1.82, 2.24) is 0 Å². The Balaban J connectivity index is 1.96. The summed E-state index contributed by atoms with van der Waals surface area (Å²) in [5.74, 6) is -0.294. The Kier molecular flexibility index (Phi) is 3.29. The fourth-order valence-electron chi connectivity index (χ4n) is 2.32. The number of furan rings is 1. The first-order valence-electron chi connectivity index (χ1n) is 5.68. The molecule has 1 fully saturated rings. The molecule has 1 unspecified atom stereocenters. The molecule has 1 aromatic heterocycles. The molecule has 1 saturated carbocycles. The second kappa shape index (κ2) is 4.70. The Hall–Kier alpha value is -1.29. The first-order valence-corrected chi connectivity index (χ1v) is 5.68. The highest BCUT2D eigenvalue weighted by atomic mass is 16.4. The molecule has 1 heterocycles. The number of rotatable bonds is 4. The van der Waals surface area contributed by atoms with Gasteiger partial charge in [0.25, 0.3) is 0 Å². The number of hydrogen-bond donors (Lipinski definition) is 2. The zero-order valence-corrected chi connectivity index (χ0v) is 9.06. The smallest absolute Gasteiger partial charge is 0.371 e. The monoisotopic (exact) mass is 224 g/mol. The van der Waals surface area contributed by atoms with Gasteiger partial charge in [0.2, 0.25) is 5.76 Å². The zero-order valence-electron chi connectivity index (χ0n) is 9.06. The molecular formula is C12H16O4. The average molecular weight is 224 g/mol. The SMILES string of the molecule is O=C(O)c1ccc(C(O)CC2CCCC2)o1. The maximum Gasteiger partial charge on any atom is 0.371 e. The summed E-state index contributed by atoms with van der Waals surface area (Å²) < 4.78 is 5.07. The Labute approximate surface area is 93.9 Å². The Morgan fingerprint density at radius 2 is 2.12 bits per heavy atom. The minimum atomic E-state index is -1.10. The third-order valence-electron chi connectivity index (χ3n) is 3.20. The van der Waals surface area contributed by atoms with Gasteiger partial charge >= 0.3 is 5.97 Å². The van der Waals surface area contributed by atoms with E-state index >= 15 is 0 Å². The minimum absolute atomic E-state index is 0.111. The standard InChI is InChI=1S/C12H16O4/c13-9(7-8-3-1-2-4-8)10-5-6-11(16-10)12(14)15/h5-6,8-9,13H,1-4,7H2,(H,14,15). The topological polar surface area (TPSA) is 70.7 Å². The summed E-state index contributed by atoms with van der Waals surface area (Å²) in [5.41, 5.74) is 0. The van der Waals surface area contributed by atoms with Crippen molar-refractivity contribution >= 4 is 5.97 Å². The Bertz CT molecular complexity index is 363. The van der Waals surface area contributed by atoms with E-state index < -0.39 is 12.1 Å². The lowest BCUT2D eigenvalue weighted by atomic mass is 9.99. The van der Waals surface area contributed by atoms with Crippen LogP contribution < -0.4 is 0 Å². The maximum atomic E-state index is 10.6. The summed E-state index contributed by atoms with van der Waals surface area (Å²) in [7, 11) is 0. The summed E-state index contributed by atoms with van der Waals surface area (Å²) in [5, 5.41) is 18.6. The van der Waals surface area contributed by atoms with E-state index in [1.54, 1.807) is 6.07 Å². The van der Waals surface area contributed by atoms with Crippen LogP contribution in [-0.4, -0.2) is 16.2 Å². The average Bonchev–Trinajstić information content (AvgIpc) is 2.86. The van der Waals surface area contributed by atoms with E-state index in [0.717, 1.165) is 12.8 Å². The molecular weight excluding hydrogens is 208 g/mol. The lowest BCUT2D eigenvalue weighted by Crippen LogP contribution is -2.03. The van der Waals surface area contributed by atoms with Gasteiger partial charge in [-0.3, -0.25) is 0 Å². The summed E-state index contributed by atoms with van der Waals surface area (Å²) in [4.78, 5) is 10.6. The highest BCUT2D eigenvalue weighted by Gasteiger charge is 2.22. The van der Waals surface area contributed by atoms with Gasteiger partial charge in [0, 0.05) is 0 Å². The van der Waals surface area contributed by atoms with Crippen molar-refractivity contribution in [3.8, 4) is 0 Å². The van der Waals surface area contributed by atoms with Crippen LogP contribution in [0.1, 0.15) is 54.5 Å². The van der Waals surface area contributed by atoms with Crippen molar-refractivity contribution < 1.29 is 19.4 Å². The Morgan fingerprint density at radius 1 is 1.44 bits per heavy atom. The molecule has 88 valence electrons. The number of aliphatic hydroxyl groups excluding tert-OH is 1. The van der Waals surface area contributed by atoms with E-state index in [1.165, 1.54) is 18.9 Å². The molecule has 1 aromatic rings. The van der Waals surface area contributed by atoms with E-state index in [0.29, 0.717) is 18.1 Å². The first-order chi connectivity index (χ1) is 7.66. The van der Waals surface area contributed by atoms with Crippen molar-refractivity contribution in [2.75, 3.05) is 0 Å². The third-order valence-corrected chi connectivity index (χ3v) is 3.20. The summed E-state index contributed by atoms with van der Waals surface area (Å²) in [6, 6.07) is 2.93. The van der Waals surface area contributed by atoms with Gasteiger partial charge in [0.05, 0.1) is 0 Å². The van der Waals surface area contributed by atoms with E-state index in [9.17, 15) is 9.90 Å². The predicted molar refractivity (Wildman–Crippen MR) is 57.2 cm³/mol. The van der Waals surface area contributed by atoms with Gasteiger partial charge in [-0.25, -0.2) is 4.79 Å². The van der Waals surface area contributed by atoms with Gasteiger partial charge in [-0.1, -0.05) is 25.7 Å². The zero-order chi connectivity index (χ0) is 11.5. The summed E-state index contributed by atoms with van der Waals surface area (Å²) in [6.45, 7) is 0. The van der Waals surface area contributed by atoms with Crippen molar-refractivity contribution in [2.24, 2.45) is 5.92 Å². The van der Waals surface area contributed by atoms with Crippen molar-refractivity contribution in [1.29, 1.82) is 0 Å². The van der Waals surface area contributed by atoms with Gasteiger partial charge in [-0.05, 0) is 24.5 Å². The molecule has 2 N–H and O–H groups in total. The Morgan fingerprint density at radius 3 is 2.69 bits per heavy atom. The maximum absolute atomic E-state index is 10.6. The van der Waals surface area contributed by atoms with Crippen LogP contribution in [0.4, 0.5) is 0 Å². The van der Waals surface area contributed by atoms with Crippen LogP contribution in [-0.2, 0) is 0 Å². The molecule has 2 rings (SSSR count). The molecule has 4 nitrogen and oxygen atoms in total. The van der Waals surface area contributed by atoms with Gasteiger partial charge in [-0.15, -0.1) is 0 Å². The van der Waals surface area contributed by atoms with E-state index in [4.69, 9.17) is 9.52 Å². The van der Waals surface area contributed by atoms with E-state index in [1.807, 2.05) is 0 Å². The van der Waals surface area contributed by atoms with Crippen LogP contribution in [0, 0.1) is 5.92 Å². The first kappa shape index (κ1) is 11.2. The molecule has 1 aliphatic carbocycles. The summed E-state index contributed by atoms with van der Waals surface area (Å²) in [6.07, 6.45) is 4.78. The van der Waals surface area contributed by atoms with Crippen LogP contribution in [0.5, 0.6) is 0 Å². The molecule has 0 spiro atoms. The quantitative estimate of drug-likeness (QED) is 0.824. The number of aliphatic hydroxyl groups is 1. The number of aromatic carboxylic acids is 1. The van der Waals surface area contributed by atoms with E-state index in [-0.39, 0.29) is 5.76 Å². The molecule has 0 saturated heterocycles. The molecule has 4 heteroatoms. The molecule has 16 heavy (non-hydrogen) atoms. The minimum Gasteiger partial charge on any atom is -0.475 e. The molecule has 0 radical (unpaired) electrons. The van der Waals surface area contributed by atoms with Gasteiger partial charge in [0.1, 0.15) is 11.9 Å². The second-order valence-electron chi connectivity index (χ2n) is 4.41. The largest absolute Gasteiger partial charge is 0.475 e. The van der Waals surface area contributed by atoms with Crippen LogP contribution in [0.3, 0.4) is 0 Å². The molecule has 1 aliphatic rings. The van der Waals surface area contributed by atoms with Crippen LogP contribution in [0.25, 0.3) is 0 Å². The van der Waals surface area contributed by atoms with E-state index in [2.05, 4.69) is 0 Å². The molecule has 0 aliphatic heterocycles. The fourth-order valence-corrected chi connectivity index (χ4v) is 2.32. The van der Waals surface area contributed by atoms with Crippen molar-refractivity contribution in [3.05, 3.63) is 23.7 Å². The molecule has 0 aromatic carbocycles. The highest BCUT2D eigenvalue weighted by Crippen LogP contribution is 2.33. The predicted octanol–water partition coefficient (Wildman–Crippen LogP) is 2.59. The van der Waals surface area contributed by atoms with Crippen LogP contribution in [0.15, 0.2) is 16.5 Å². The number of hydrogen-bond acceptors (Lipinski definition) is 3. The van der Waals surface area contributed by atoms with Crippen LogP contribution >= 0.6 is 0 Å². The van der Waals surface area contributed by atoms with Gasteiger partial charge < -0.3 is 14.6 Å². The lowest BCUT2D eigenvalue weighted by Gasteiger charge is -2.12. The number of carbonyl (C=O) groups is 1. The lowest BCUT2D eigenvalue weighted by molar-refractivity contribution is 0.0646. The normalized spacial score (nSPS) is 18.8. The number of carboxylic acids is 1. The fraction of sp³-hybridized carbons (Fsp3) is 0.583. The third kappa shape index (κ3) is 2.44.